The van der Waals surface area contributed by atoms with Crippen molar-refractivity contribution in [3.63, 3.8) is 0 Å². The predicted octanol–water partition coefficient (Wildman–Crippen LogP) is 1.47. The molecule has 0 saturated carbocycles. The van der Waals surface area contributed by atoms with Gasteiger partial charge in [-0.2, -0.15) is 0 Å². The van der Waals surface area contributed by atoms with Gasteiger partial charge in [-0.15, -0.1) is 0 Å². The van der Waals surface area contributed by atoms with Gasteiger partial charge in [0.15, 0.2) is 0 Å². The third kappa shape index (κ3) is 1.69. The van der Waals surface area contributed by atoms with E-state index < -0.39 is 0 Å². The predicted molar refractivity (Wildman–Crippen MR) is 68.9 cm³/mol. The lowest BCUT2D eigenvalue weighted by atomic mass is 10.2. The van der Waals surface area contributed by atoms with Gasteiger partial charge in [-0.25, -0.2) is 14.3 Å². The Hall–Kier alpha value is -2.63. The van der Waals surface area contributed by atoms with Gasteiger partial charge in [-0.1, -0.05) is 18.2 Å². The third-order valence-electron chi connectivity index (χ3n) is 2.91. The molecule has 2 heterocycles. The largest absolute Gasteiger partial charge is 0.462 e. The van der Waals surface area contributed by atoms with Crippen molar-refractivity contribution in [2.24, 2.45) is 0 Å². The Balaban J connectivity index is 2.45. The summed E-state index contributed by atoms with van der Waals surface area (Å²) in [6.07, 6.45) is 1.54. The van der Waals surface area contributed by atoms with Crippen molar-refractivity contribution in [3.8, 4) is 0 Å². The first-order valence-electron chi connectivity index (χ1n) is 5.93. The van der Waals surface area contributed by atoms with Crippen LogP contribution in [0.25, 0.3) is 16.4 Å². The molecule has 3 aromatic rings. The Morgan fingerprint density at radius 1 is 1.47 bits per heavy atom. The van der Waals surface area contributed by atoms with Crippen LogP contribution in [0.4, 0.5) is 0 Å². The van der Waals surface area contributed by atoms with Crippen molar-refractivity contribution in [3.05, 3.63) is 41.6 Å². The molecule has 0 aliphatic rings. The SMILES string of the molecule is CCOC(=O)c1c[nH]n2c(=N)nc3ccccc1c32. The van der Waals surface area contributed by atoms with E-state index in [1.165, 1.54) is 4.52 Å². The van der Waals surface area contributed by atoms with Gasteiger partial charge in [0.2, 0.25) is 5.62 Å². The molecule has 0 saturated heterocycles. The highest BCUT2D eigenvalue weighted by Gasteiger charge is 2.15. The van der Waals surface area contributed by atoms with Gasteiger partial charge in [-0.05, 0) is 13.0 Å². The molecule has 1 aromatic carbocycles. The first-order valence-corrected chi connectivity index (χ1v) is 5.93. The van der Waals surface area contributed by atoms with Crippen molar-refractivity contribution in [2.45, 2.75) is 6.92 Å². The molecule has 0 aliphatic heterocycles. The number of H-pyrrole nitrogens is 1. The number of rotatable bonds is 2. The Morgan fingerprint density at radius 3 is 3.05 bits per heavy atom. The van der Waals surface area contributed by atoms with Gasteiger partial charge in [0.1, 0.15) is 5.52 Å². The lowest BCUT2D eigenvalue weighted by Gasteiger charge is -2.05. The van der Waals surface area contributed by atoms with Crippen LogP contribution in [-0.4, -0.2) is 27.2 Å². The van der Waals surface area contributed by atoms with E-state index in [4.69, 9.17) is 10.1 Å². The maximum atomic E-state index is 11.9. The van der Waals surface area contributed by atoms with Crippen LogP contribution in [-0.2, 0) is 4.74 Å². The number of imidazole rings is 1. The molecule has 0 unspecified atom stereocenters. The molecule has 3 rings (SSSR count). The van der Waals surface area contributed by atoms with E-state index >= 15 is 0 Å². The van der Waals surface area contributed by atoms with Gasteiger partial charge in [0.05, 0.1) is 17.7 Å². The molecule has 0 fully saturated rings. The Morgan fingerprint density at radius 2 is 2.26 bits per heavy atom. The molecule has 0 radical (unpaired) electrons. The second-order valence-electron chi connectivity index (χ2n) is 4.04. The number of hydrogen-bond acceptors (Lipinski definition) is 4. The average Bonchev–Trinajstić information content (AvgIpc) is 2.58. The van der Waals surface area contributed by atoms with Crippen molar-refractivity contribution in [1.82, 2.24) is 14.6 Å². The summed E-state index contributed by atoms with van der Waals surface area (Å²) in [6, 6.07) is 7.30. The van der Waals surface area contributed by atoms with E-state index in [0.717, 1.165) is 0 Å². The molecule has 6 heteroatoms. The van der Waals surface area contributed by atoms with Gasteiger partial charge in [0, 0.05) is 11.6 Å². The van der Waals surface area contributed by atoms with Crippen molar-refractivity contribution in [2.75, 3.05) is 6.61 Å². The van der Waals surface area contributed by atoms with E-state index in [1.54, 1.807) is 13.1 Å². The summed E-state index contributed by atoms with van der Waals surface area (Å²) in [5.74, 6) is -0.388. The lowest BCUT2D eigenvalue weighted by molar-refractivity contribution is 0.0528. The summed E-state index contributed by atoms with van der Waals surface area (Å²) in [7, 11) is 0. The zero-order chi connectivity index (χ0) is 13.4. The van der Waals surface area contributed by atoms with Gasteiger partial charge >= 0.3 is 5.97 Å². The topological polar surface area (TPSA) is 83.2 Å². The molecule has 0 atom stereocenters. The average molecular weight is 256 g/mol. The minimum Gasteiger partial charge on any atom is -0.462 e. The monoisotopic (exact) mass is 256 g/mol. The van der Waals surface area contributed by atoms with Crippen LogP contribution in [0.5, 0.6) is 0 Å². The number of nitrogens with one attached hydrogen (secondary N) is 2. The number of carbonyl (C=O) groups is 1. The second kappa shape index (κ2) is 4.24. The molecule has 2 aromatic heterocycles. The van der Waals surface area contributed by atoms with Crippen molar-refractivity contribution >= 4 is 22.4 Å². The summed E-state index contributed by atoms with van der Waals surface area (Å²) < 4.78 is 6.58. The summed E-state index contributed by atoms with van der Waals surface area (Å²) in [5, 5.41) is 11.4. The normalized spacial score (nSPS) is 11.0. The van der Waals surface area contributed by atoms with E-state index in [1.807, 2.05) is 24.3 Å². The number of hydrogen-bond donors (Lipinski definition) is 2. The summed E-state index contributed by atoms with van der Waals surface area (Å²) in [5.41, 5.74) is 1.91. The molecule has 0 amide bonds. The highest BCUT2D eigenvalue weighted by Crippen LogP contribution is 2.20. The molecule has 0 bridgehead atoms. The Kier molecular flexibility index (Phi) is 2.56. The zero-order valence-corrected chi connectivity index (χ0v) is 10.3. The standard InChI is InChI=1S/C13H12N4O2/c1-2-19-12(18)9-7-15-17-11-8(9)5-3-4-6-10(11)16-13(17)14/h3-7,14-15H,2H2,1H3. The van der Waals surface area contributed by atoms with Crippen LogP contribution in [0, 0.1) is 5.41 Å². The maximum Gasteiger partial charge on any atom is 0.340 e. The van der Waals surface area contributed by atoms with Gasteiger partial charge in [0.25, 0.3) is 0 Å². The minimum atomic E-state index is -0.388. The summed E-state index contributed by atoms with van der Waals surface area (Å²) >= 11 is 0. The van der Waals surface area contributed by atoms with Crippen LogP contribution in [0.2, 0.25) is 0 Å². The number of ether oxygens (including phenoxy) is 1. The van der Waals surface area contributed by atoms with E-state index in [9.17, 15) is 4.79 Å². The third-order valence-corrected chi connectivity index (χ3v) is 2.91. The highest BCUT2D eigenvalue weighted by molar-refractivity contribution is 6.06. The molecule has 0 aliphatic carbocycles. The first kappa shape index (κ1) is 11.5. The second-order valence-corrected chi connectivity index (χ2v) is 4.04. The molecule has 0 spiro atoms. The van der Waals surface area contributed by atoms with Crippen LogP contribution < -0.4 is 5.62 Å². The Labute approximate surface area is 108 Å². The molecule has 19 heavy (non-hydrogen) atoms. The molecule has 2 N–H and O–H groups in total. The number of carbonyl (C=O) groups excluding carboxylic acids is 1. The highest BCUT2D eigenvalue weighted by atomic mass is 16.5. The molecule has 96 valence electrons. The van der Waals surface area contributed by atoms with E-state index in [0.29, 0.717) is 28.6 Å². The van der Waals surface area contributed by atoms with Crippen LogP contribution in [0.1, 0.15) is 17.3 Å². The van der Waals surface area contributed by atoms with E-state index in [2.05, 4.69) is 10.1 Å². The molecular formula is C13H12N4O2. The zero-order valence-electron chi connectivity index (χ0n) is 10.3. The lowest BCUT2D eigenvalue weighted by Crippen LogP contribution is -2.14. The quantitative estimate of drug-likeness (QED) is 0.681. The number of aromatic amines is 1. The summed E-state index contributed by atoms with van der Waals surface area (Å²) in [4.78, 5) is 16.1. The fraction of sp³-hybridized carbons (Fsp3) is 0.154. The number of esters is 1. The number of nitrogens with zero attached hydrogens (tertiary/aromatic N) is 2. The Bertz CT molecular complexity index is 831. The van der Waals surface area contributed by atoms with Crippen molar-refractivity contribution in [1.29, 1.82) is 5.41 Å². The minimum absolute atomic E-state index is 0.0987. The van der Waals surface area contributed by atoms with Gasteiger partial charge < -0.3 is 4.74 Å². The van der Waals surface area contributed by atoms with Crippen LogP contribution in [0.15, 0.2) is 30.5 Å². The summed E-state index contributed by atoms with van der Waals surface area (Å²) in [6.45, 7) is 2.09. The smallest absolute Gasteiger partial charge is 0.340 e. The van der Waals surface area contributed by atoms with Gasteiger partial charge in [-0.3, -0.25) is 10.5 Å². The number of aromatic nitrogens is 3. The fourth-order valence-electron chi connectivity index (χ4n) is 2.12. The fourth-order valence-corrected chi connectivity index (χ4v) is 2.12. The van der Waals surface area contributed by atoms with Crippen molar-refractivity contribution < 1.29 is 9.53 Å². The molecular weight excluding hydrogens is 244 g/mol. The first-order chi connectivity index (χ1) is 9.22. The maximum absolute atomic E-state index is 11.9. The van der Waals surface area contributed by atoms with Crippen LogP contribution in [0.3, 0.4) is 0 Å². The van der Waals surface area contributed by atoms with E-state index in [-0.39, 0.29) is 11.6 Å². The van der Waals surface area contributed by atoms with Crippen LogP contribution >= 0.6 is 0 Å². The molecule has 6 nitrogen and oxygen atoms in total.